The molecule has 22 heavy (non-hydrogen) atoms. The van der Waals surface area contributed by atoms with Crippen molar-refractivity contribution in [2.75, 3.05) is 18.4 Å². The Kier molecular flexibility index (Phi) is 5.07. The van der Waals surface area contributed by atoms with Gasteiger partial charge in [-0.25, -0.2) is 4.98 Å². The number of hydrogen-bond donors (Lipinski definition) is 1. The minimum absolute atomic E-state index is 0.548. The number of aromatic nitrogens is 1. The minimum Gasteiger partial charge on any atom is -0.340 e. The summed E-state index contributed by atoms with van der Waals surface area (Å²) < 4.78 is 0. The largest absolute Gasteiger partial charge is 0.340 e. The molecular weight excluding hydrogens is 270 g/mol. The molecule has 0 radical (unpaired) electrons. The highest BCUT2D eigenvalue weighted by atomic mass is 15.2. The first kappa shape index (κ1) is 15.0. The Morgan fingerprint density at radius 3 is 2.73 bits per heavy atom. The number of hydrogen-bond acceptors (Lipinski definition) is 3. The second kappa shape index (κ2) is 7.41. The van der Waals surface area contributed by atoms with Crippen LogP contribution in [0.4, 0.5) is 11.5 Å². The quantitative estimate of drug-likeness (QED) is 0.861. The molecule has 0 aliphatic carbocycles. The van der Waals surface area contributed by atoms with Crippen LogP contribution in [0.5, 0.6) is 0 Å². The van der Waals surface area contributed by atoms with Crippen LogP contribution in [-0.4, -0.2) is 23.0 Å². The van der Waals surface area contributed by atoms with Gasteiger partial charge in [0.2, 0.25) is 0 Å². The summed E-state index contributed by atoms with van der Waals surface area (Å²) in [6.07, 6.45) is 7.18. The number of benzene rings is 1. The first-order valence-corrected chi connectivity index (χ1v) is 8.39. The van der Waals surface area contributed by atoms with E-state index in [1.807, 2.05) is 24.4 Å². The van der Waals surface area contributed by atoms with E-state index in [4.69, 9.17) is 0 Å². The molecule has 1 fully saturated rings. The third-order valence-electron chi connectivity index (χ3n) is 4.34. The van der Waals surface area contributed by atoms with Crippen molar-refractivity contribution in [2.45, 2.75) is 38.6 Å². The van der Waals surface area contributed by atoms with Crippen molar-refractivity contribution < 1.29 is 0 Å². The molecule has 1 aliphatic heterocycles. The van der Waals surface area contributed by atoms with E-state index in [-0.39, 0.29) is 0 Å². The molecule has 0 amide bonds. The van der Waals surface area contributed by atoms with E-state index >= 15 is 0 Å². The van der Waals surface area contributed by atoms with E-state index in [1.54, 1.807) is 0 Å². The molecule has 1 N–H and O–H groups in total. The zero-order valence-electron chi connectivity index (χ0n) is 13.3. The van der Waals surface area contributed by atoms with E-state index in [1.165, 1.54) is 44.3 Å². The van der Waals surface area contributed by atoms with Gasteiger partial charge in [0.15, 0.2) is 0 Å². The smallest absolute Gasteiger partial charge is 0.130 e. The Bertz CT molecular complexity index is 563. The van der Waals surface area contributed by atoms with Gasteiger partial charge < -0.3 is 5.32 Å². The summed E-state index contributed by atoms with van der Waals surface area (Å²) >= 11 is 0. The lowest BCUT2D eigenvalue weighted by molar-refractivity contribution is 0.149. The standard InChI is InChI=1S/C19H25N3/c1-2-13-22-14-7-6-10-18(22)16-11-12-19(20-15-16)21-17-8-4-3-5-9-17/h3-5,8-9,11-12,15,18H,2,6-7,10,13-14H2,1H3,(H,20,21)/t18-/m1/s1. The summed E-state index contributed by atoms with van der Waals surface area (Å²) in [6, 6.07) is 15.1. The van der Waals surface area contributed by atoms with Gasteiger partial charge in [-0.3, -0.25) is 4.90 Å². The number of anilines is 2. The lowest BCUT2D eigenvalue weighted by Gasteiger charge is -2.35. The van der Waals surface area contributed by atoms with Gasteiger partial charge in [0, 0.05) is 17.9 Å². The summed E-state index contributed by atoms with van der Waals surface area (Å²) in [5.74, 6) is 0.910. The minimum atomic E-state index is 0.548. The highest BCUT2D eigenvalue weighted by Gasteiger charge is 2.23. The topological polar surface area (TPSA) is 28.2 Å². The maximum absolute atomic E-state index is 4.61. The van der Waals surface area contributed by atoms with Crippen LogP contribution in [0.3, 0.4) is 0 Å². The molecule has 1 aromatic heterocycles. The van der Waals surface area contributed by atoms with Crippen LogP contribution in [0.15, 0.2) is 48.7 Å². The van der Waals surface area contributed by atoms with Gasteiger partial charge in [0.1, 0.15) is 5.82 Å². The number of pyridine rings is 1. The van der Waals surface area contributed by atoms with Crippen LogP contribution in [-0.2, 0) is 0 Å². The maximum Gasteiger partial charge on any atom is 0.130 e. The first-order chi connectivity index (χ1) is 10.9. The van der Waals surface area contributed by atoms with Gasteiger partial charge in [-0.1, -0.05) is 37.6 Å². The molecule has 2 aromatic rings. The third kappa shape index (κ3) is 3.66. The lowest BCUT2D eigenvalue weighted by Crippen LogP contribution is -2.34. The normalized spacial score (nSPS) is 19.0. The molecule has 2 heterocycles. The summed E-state index contributed by atoms with van der Waals surface area (Å²) in [6.45, 7) is 4.67. The van der Waals surface area contributed by atoms with E-state index < -0.39 is 0 Å². The van der Waals surface area contributed by atoms with Crippen LogP contribution in [0.25, 0.3) is 0 Å². The molecule has 1 aliphatic rings. The summed E-state index contributed by atoms with van der Waals surface area (Å²) in [5.41, 5.74) is 2.43. The van der Waals surface area contributed by atoms with Crippen LogP contribution < -0.4 is 5.32 Å². The average molecular weight is 295 g/mol. The molecular formula is C19H25N3. The SMILES string of the molecule is CCCN1CCCC[C@@H]1c1ccc(Nc2ccccc2)nc1. The van der Waals surface area contributed by atoms with Gasteiger partial charge in [-0.05, 0) is 56.1 Å². The lowest BCUT2D eigenvalue weighted by atomic mass is 9.96. The van der Waals surface area contributed by atoms with Gasteiger partial charge in [-0.15, -0.1) is 0 Å². The van der Waals surface area contributed by atoms with Gasteiger partial charge >= 0.3 is 0 Å². The molecule has 116 valence electrons. The van der Waals surface area contributed by atoms with Crippen molar-refractivity contribution in [2.24, 2.45) is 0 Å². The monoisotopic (exact) mass is 295 g/mol. The Morgan fingerprint density at radius 2 is 2.00 bits per heavy atom. The Morgan fingerprint density at radius 1 is 1.14 bits per heavy atom. The Hall–Kier alpha value is -1.87. The Labute approximate surface area is 133 Å². The second-order valence-electron chi connectivity index (χ2n) is 6.02. The molecule has 3 heteroatoms. The summed E-state index contributed by atoms with van der Waals surface area (Å²) in [5, 5.41) is 3.35. The fourth-order valence-electron chi connectivity index (χ4n) is 3.27. The van der Waals surface area contributed by atoms with E-state index in [9.17, 15) is 0 Å². The number of nitrogens with zero attached hydrogens (tertiary/aromatic N) is 2. The van der Waals surface area contributed by atoms with Crippen molar-refractivity contribution >= 4 is 11.5 Å². The molecule has 0 spiro atoms. The molecule has 1 saturated heterocycles. The zero-order valence-corrected chi connectivity index (χ0v) is 13.3. The molecule has 0 bridgehead atoms. The van der Waals surface area contributed by atoms with Crippen LogP contribution in [0.2, 0.25) is 0 Å². The number of piperidine rings is 1. The van der Waals surface area contributed by atoms with Crippen LogP contribution >= 0.6 is 0 Å². The van der Waals surface area contributed by atoms with Gasteiger partial charge in [-0.2, -0.15) is 0 Å². The molecule has 0 saturated carbocycles. The fourth-order valence-corrected chi connectivity index (χ4v) is 3.27. The predicted molar refractivity (Wildman–Crippen MR) is 92.4 cm³/mol. The molecule has 3 nitrogen and oxygen atoms in total. The third-order valence-corrected chi connectivity index (χ3v) is 4.34. The van der Waals surface area contributed by atoms with Gasteiger partial charge in [0.05, 0.1) is 0 Å². The maximum atomic E-state index is 4.61. The van der Waals surface area contributed by atoms with E-state index in [0.29, 0.717) is 6.04 Å². The predicted octanol–water partition coefficient (Wildman–Crippen LogP) is 4.76. The fraction of sp³-hybridized carbons (Fsp3) is 0.421. The second-order valence-corrected chi connectivity index (χ2v) is 6.02. The van der Waals surface area contributed by atoms with E-state index in [0.717, 1.165) is 11.5 Å². The first-order valence-electron chi connectivity index (χ1n) is 8.39. The molecule has 0 unspecified atom stereocenters. The van der Waals surface area contributed by atoms with Crippen LogP contribution in [0, 0.1) is 0 Å². The van der Waals surface area contributed by atoms with Crippen molar-refractivity contribution in [3.63, 3.8) is 0 Å². The zero-order chi connectivity index (χ0) is 15.2. The van der Waals surface area contributed by atoms with Crippen molar-refractivity contribution in [1.82, 2.24) is 9.88 Å². The van der Waals surface area contributed by atoms with Crippen molar-refractivity contribution in [1.29, 1.82) is 0 Å². The van der Waals surface area contributed by atoms with Crippen molar-refractivity contribution in [3.8, 4) is 0 Å². The average Bonchev–Trinajstić information content (AvgIpc) is 2.58. The molecule has 1 atom stereocenters. The number of rotatable bonds is 5. The Balaban J connectivity index is 1.70. The number of likely N-dealkylation sites (tertiary alicyclic amines) is 1. The molecule has 1 aromatic carbocycles. The number of nitrogens with one attached hydrogen (secondary N) is 1. The van der Waals surface area contributed by atoms with Gasteiger partial charge in [0.25, 0.3) is 0 Å². The molecule has 3 rings (SSSR count). The van der Waals surface area contributed by atoms with Crippen molar-refractivity contribution in [3.05, 3.63) is 54.2 Å². The van der Waals surface area contributed by atoms with E-state index in [2.05, 4.69) is 46.4 Å². The highest BCUT2D eigenvalue weighted by molar-refractivity contribution is 5.55. The summed E-state index contributed by atoms with van der Waals surface area (Å²) in [7, 11) is 0. The highest BCUT2D eigenvalue weighted by Crippen LogP contribution is 2.31. The van der Waals surface area contributed by atoms with Crippen LogP contribution in [0.1, 0.15) is 44.2 Å². The number of para-hydroxylation sites is 1. The summed E-state index contributed by atoms with van der Waals surface area (Å²) in [4.78, 5) is 7.22.